The molecule has 0 bridgehead atoms. The monoisotopic (exact) mass is 168 g/mol. The van der Waals surface area contributed by atoms with Gasteiger partial charge in [-0.2, -0.15) is 0 Å². The Morgan fingerprint density at radius 2 is 2.17 bits per heavy atom. The van der Waals surface area contributed by atoms with E-state index in [2.05, 4.69) is 0 Å². The average molecular weight is 168 g/mol. The molecule has 0 amide bonds. The normalized spacial score (nSPS) is 10.2. The molecule has 12 heavy (non-hydrogen) atoms. The lowest BCUT2D eigenvalue weighted by atomic mass is 10.0. The highest BCUT2D eigenvalue weighted by atomic mass is 19.1. The van der Waals surface area contributed by atoms with Gasteiger partial charge in [-0.15, -0.1) is 0 Å². The number of rotatable bonds is 3. The van der Waals surface area contributed by atoms with Crippen LogP contribution in [0.4, 0.5) is 4.39 Å². The van der Waals surface area contributed by atoms with E-state index in [1.807, 2.05) is 13.0 Å². The van der Waals surface area contributed by atoms with Crippen LogP contribution < -0.4 is 0 Å². The Balaban J connectivity index is 2.81. The Morgan fingerprint density at radius 3 is 2.75 bits per heavy atom. The van der Waals surface area contributed by atoms with Gasteiger partial charge in [0.2, 0.25) is 0 Å². The van der Waals surface area contributed by atoms with Gasteiger partial charge in [0, 0.05) is 0 Å². The van der Waals surface area contributed by atoms with Crippen molar-refractivity contribution in [1.82, 2.24) is 0 Å². The van der Waals surface area contributed by atoms with E-state index < -0.39 is 0 Å². The summed E-state index contributed by atoms with van der Waals surface area (Å²) in [7, 11) is 0. The van der Waals surface area contributed by atoms with Crippen LogP contribution in [-0.4, -0.2) is 11.8 Å². The maximum atomic E-state index is 11.9. The van der Waals surface area contributed by atoms with E-state index in [1.165, 1.54) is 0 Å². The lowest BCUT2D eigenvalue weighted by Gasteiger charge is -2.05. The van der Waals surface area contributed by atoms with Crippen LogP contribution in [0.3, 0.4) is 0 Å². The molecule has 0 saturated heterocycles. The standard InChI is InChI=1S/C10H13FO/c1-8-4-2-6-10(12)9(8)5-3-7-11/h2,4,6,12H,3,5,7H2,1H3. The van der Waals surface area contributed by atoms with Crippen molar-refractivity contribution in [2.75, 3.05) is 6.67 Å². The Morgan fingerprint density at radius 1 is 1.42 bits per heavy atom. The predicted molar refractivity (Wildman–Crippen MR) is 47.1 cm³/mol. The fraction of sp³-hybridized carbons (Fsp3) is 0.400. The van der Waals surface area contributed by atoms with Gasteiger partial charge < -0.3 is 5.11 Å². The molecule has 0 spiro atoms. The SMILES string of the molecule is Cc1cccc(O)c1CCCF. The summed E-state index contributed by atoms with van der Waals surface area (Å²) < 4.78 is 11.9. The van der Waals surface area contributed by atoms with Crippen molar-refractivity contribution < 1.29 is 9.50 Å². The molecule has 0 heterocycles. The number of hydrogen-bond donors (Lipinski definition) is 1. The third kappa shape index (κ3) is 1.97. The minimum Gasteiger partial charge on any atom is -0.508 e. The number of hydrogen-bond acceptors (Lipinski definition) is 1. The Hall–Kier alpha value is -1.05. The van der Waals surface area contributed by atoms with E-state index in [4.69, 9.17) is 0 Å². The van der Waals surface area contributed by atoms with Gasteiger partial charge in [0.15, 0.2) is 0 Å². The lowest BCUT2D eigenvalue weighted by molar-refractivity contribution is 0.451. The fourth-order valence-corrected chi connectivity index (χ4v) is 1.26. The predicted octanol–water partition coefficient (Wildman–Crippen LogP) is 2.60. The minimum atomic E-state index is -0.326. The van der Waals surface area contributed by atoms with Crippen molar-refractivity contribution in [3.8, 4) is 5.75 Å². The zero-order valence-electron chi connectivity index (χ0n) is 7.18. The summed E-state index contributed by atoms with van der Waals surface area (Å²) in [5, 5.41) is 9.40. The van der Waals surface area contributed by atoms with Crippen molar-refractivity contribution in [3.05, 3.63) is 29.3 Å². The molecule has 1 aromatic carbocycles. The number of halogens is 1. The molecule has 1 N–H and O–H groups in total. The average Bonchev–Trinajstić information content (AvgIpc) is 2.04. The van der Waals surface area contributed by atoms with Crippen LogP contribution in [0.25, 0.3) is 0 Å². The van der Waals surface area contributed by atoms with Crippen LogP contribution >= 0.6 is 0 Å². The third-order valence-electron chi connectivity index (χ3n) is 1.95. The van der Waals surface area contributed by atoms with Gasteiger partial charge >= 0.3 is 0 Å². The summed E-state index contributed by atoms with van der Waals surface area (Å²) in [4.78, 5) is 0. The highest BCUT2D eigenvalue weighted by Gasteiger charge is 2.02. The van der Waals surface area contributed by atoms with E-state index in [0.717, 1.165) is 11.1 Å². The third-order valence-corrected chi connectivity index (χ3v) is 1.95. The van der Waals surface area contributed by atoms with Crippen LogP contribution in [0.15, 0.2) is 18.2 Å². The molecule has 0 aliphatic heterocycles. The Bertz CT molecular complexity index is 238. The van der Waals surface area contributed by atoms with E-state index in [0.29, 0.717) is 12.8 Å². The first-order valence-corrected chi connectivity index (χ1v) is 4.09. The fourth-order valence-electron chi connectivity index (χ4n) is 1.26. The molecule has 0 atom stereocenters. The Labute approximate surface area is 71.9 Å². The highest BCUT2D eigenvalue weighted by Crippen LogP contribution is 2.21. The molecule has 2 heteroatoms. The van der Waals surface area contributed by atoms with Crippen LogP contribution in [0.2, 0.25) is 0 Å². The van der Waals surface area contributed by atoms with E-state index in [1.54, 1.807) is 12.1 Å². The molecule has 0 saturated carbocycles. The number of benzene rings is 1. The summed E-state index contributed by atoms with van der Waals surface area (Å²) >= 11 is 0. The van der Waals surface area contributed by atoms with Gasteiger partial charge in [-0.05, 0) is 37.0 Å². The quantitative estimate of drug-likeness (QED) is 0.735. The smallest absolute Gasteiger partial charge is 0.119 e. The maximum absolute atomic E-state index is 11.9. The van der Waals surface area contributed by atoms with Gasteiger partial charge in [-0.25, -0.2) is 0 Å². The topological polar surface area (TPSA) is 20.2 Å². The summed E-state index contributed by atoms with van der Waals surface area (Å²) in [5.74, 6) is 0.281. The number of phenolic OH excluding ortho intramolecular Hbond substituents is 1. The molecule has 0 aliphatic carbocycles. The number of aryl methyl sites for hydroxylation is 1. The molecule has 0 aliphatic rings. The molecule has 0 unspecified atom stereocenters. The second-order valence-corrected chi connectivity index (χ2v) is 2.87. The van der Waals surface area contributed by atoms with Crippen LogP contribution in [0, 0.1) is 6.92 Å². The Kier molecular flexibility index (Phi) is 3.09. The second kappa shape index (κ2) is 4.10. The number of aromatic hydroxyl groups is 1. The van der Waals surface area contributed by atoms with Crippen LogP contribution in [0.1, 0.15) is 17.5 Å². The molecule has 1 aromatic rings. The second-order valence-electron chi connectivity index (χ2n) is 2.87. The first-order valence-electron chi connectivity index (χ1n) is 4.09. The molecular weight excluding hydrogens is 155 g/mol. The van der Waals surface area contributed by atoms with E-state index in [-0.39, 0.29) is 12.4 Å². The first kappa shape index (κ1) is 9.04. The summed E-state index contributed by atoms with van der Waals surface area (Å²) in [6.45, 7) is 1.60. The first-order chi connectivity index (χ1) is 5.75. The van der Waals surface area contributed by atoms with Gasteiger partial charge in [-0.1, -0.05) is 12.1 Å². The molecule has 0 radical (unpaired) electrons. The van der Waals surface area contributed by atoms with Crippen LogP contribution in [-0.2, 0) is 6.42 Å². The van der Waals surface area contributed by atoms with Crippen LogP contribution in [0.5, 0.6) is 5.75 Å². The lowest BCUT2D eigenvalue weighted by Crippen LogP contribution is -1.91. The maximum Gasteiger partial charge on any atom is 0.119 e. The molecule has 0 fully saturated rings. The van der Waals surface area contributed by atoms with Crippen molar-refractivity contribution in [2.24, 2.45) is 0 Å². The van der Waals surface area contributed by atoms with Gasteiger partial charge in [0.05, 0.1) is 6.67 Å². The van der Waals surface area contributed by atoms with Crippen molar-refractivity contribution in [3.63, 3.8) is 0 Å². The molecule has 66 valence electrons. The summed E-state index contributed by atoms with van der Waals surface area (Å²) in [5.41, 5.74) is 1.90. The molecular formula is C10H13FO. The highest BCUT2D eigenvalue weighted by molar-refractivity contribution is 5.38. The van der Waals surface area contributed by atoms with Gasteiger partial charge in [0.25, 0.3) is 0 Å². The number of alkyl halides is 1. The van der Waals surface area contributed by atoms with Crippen molar-refractivity contribution >= 4 is 0 Å². The zero-order valence-corrected chi connectivity index (χ0v) is 7.18. The van der Waals surface area contributed by atoms with Crippen molar-refractivity contribution in [1.29, 1.82) is 0 Å². The van der Waals surface area contributed by atoms with E-state index in [9.17, 15) is 9.50 Å². The number of phenols is 1. The largest absolute Gasteiger partial charge is 0.508 e. The van der Waals surface area contributed by atoms with Crippen molar-refractivity contribution in [2.45, 2.75) is 19.8 Å². The minimum absolute atomic E-state index is 0.281. The molecule has 0 aromatic heterocycles. The summed E-state index contributed by atoms with van der Waals surface area (Å²) in [6.07, 6.45) is 1.10. The zero-order chi connectivity index (χ0) is 8.97. The van der Waals surface area contributed by atoms with E-state index >= 15 is 0 Å². The molecule has 1 nitrogen and oxygen atoms in total. The van der Waals surface area contributed by atoms with Gasteiger partial charge in [-0.3, -0.25) is 4.39 Å². The molecule has 1 rings (SSSR count). The van der Waals surface area contributed by atoms with Gasteiger partial charge in [0.1, 0.15) is 5.75 Å². The summed E-state index contributed by atoms with van der Waals surface area (Å²) in [6, 6.07) is 5.36.